The van der Waals surface area contributed by atoms with Crippen molar-refractivity contribution < 1.29 is 9.90 Å². The van der Waals surface area contributed by atoms with Crippen LogP contribution in [0.15, 0.2) is 41.2 Å². The topological polar surface area (TPSA) is 86.3 Å². The van der Waals surface area contributed by atoms with Crippen molar-refractivity contribution in [1.82, 2.24) is 14.9 Å². The second kappa shape index (κ2) is 9.00. The Morgan fingerprint density at radius 1 is 1.03 bits per heavy atom. The standard InChI is InChI=1S/C27H35N3O3/c1-26(2,3)19-14-17(15-20(24(19)32)27(4,5)6)12-13-23(31)30(7)16-22-28-21-11-9-8-10-18(21)25(33)29-22/h8-11,14-15,32H,12-13,16H2,1-7H3,(H,28,29,33). The molecule has 6 nitrogen and oxygen atoms in total. The maximum Gasteiger partial charge on any atom is 0.258 e. The Balaban J connectivity index is 1.77. The highest BCUT2D eigenvalue weighted by Crippen LogP contribution is 2.40. The van der Waals surface area contributed by atoms with Crippen LogP contribution in [0, 0.1) is 0 Å². The molecule has 176 valence electrons. The number of carbonyl (C=O) groups is 1. The van der Waals surface area contributed by atoms with Crippen LogP contribution in [0.5, 0.6) is 5.75 Å². The molecule has 0 aliphatic heterocycles. The van der Waals surface area contributed by atoms with Crippen molar-refractivity contribution in [3.63, 3.8) is 0 Å². The molecule has 0 unspecified atom stereocenters. The van der Waals surface area contributed by atoms with E-state index in [0.29, 0.717) is 35.3 Å². The molecule has 2 aromatic carbocycles. The number of para-hydroxylation sites is 1. The van der Waals surface area contributed by atoms with E-state index in [1.165, 1.54) is 0 Å². The molecule has 33 heavy (non-hydrogen) atoms. The molecular weight excluding hydrogens is 414 g/mol. The van der Waals surface area contributed by atoms with Gasteiger partial charge in [0.25, 0.3) is 5.56 Å². The van der Waals surface area contributed by atoms with E-state index in [0.717, 1.165) is 16.7 Å². The molecule has 0 atom stereocenters. The quantitative estimate of drug-likeness (QED) is 0.585. The van der Waals surface area contributed by atoms with Crippen molar-refractivity contribution in [3.05, 3.63) is 69.3 Å². The van der Waals surface area contributed by atoms with Gasteiger partial charge in [0, 0.05) is 13.5 Å². The maximum atomic E-state index is 12.9. The minimum Gasteiger partial charge on any atom is -0.507 e. The largest absolute Gasteiger partial charge is 0.507 e. The maximum absolute atomic E-state index is 12.9. The van der Waals surface area contributed by atoms with Gasteiger partial charge in [-0.25, -0.2) is 4.98 Å². The lowest BCUT2D eigenvalue weighted by Gasteiger charge is -2.28. The lowest BCUT2D eigenvalue weighted by Crippen LogP contribution is -2.28. The minimum atomic E-state index is -0.214. The van der Waals surface area contributed by atoms with Crippen molar-refractivity contribution in [2.75, 3.05) is 7.05 Å². The summed E-state index contributed by atoms with van der Waals surface area (Å²) in [5.41, 5.74) is 2.80. The number of nitrogens with one attached hydrogen (secondary N) is 1. The number of amides is 1. The Labute approximate surface area is 195 Å². The third-order valence-electron chi connectivity index (χ3n) is 5.89. The summed E-state index contributed by atoms with van der Waals surface area (Å²) in [6.07, 6.45) is 0.892. The minimum absolute atomic E-state index is 0.0338. The third-order valence-corrected chi connectivity index (χ3v) is 5.89. The van der Waals surface area contributed by atoms with Crippen LogP contribution in [0.3, 0.4) is 0 Å². The van der Waals surface area contributed by atoms with E-state index in [2.05, 4.69) is 51.5 Å². The highest BCUT2D eigenvalue weighted by molar-refractivity contribution is 5.78. The number of aromatic nitrogens is 2. The first-order valence-corrected chi connectivity index (χ1v) is 11.4. The first kappa shape index (κ1) is 24.5. The normalized spacial score (nSPS) is 12.2. The summed E-state index contributed by atoms with van der Waals surface area (Å²) in [6.45, 7) is 12.7. The van der Waals surface area contributed by atoms with Gasteiger partial charge in [-0.15, -0.1) is 0 Å². The Bertz CT molecular complexity index is 1190. The highest BCUT2D eigenvalue weighted by Gasteiger charge is 2.26. The predicted molar refractivity (Wildman–Crippen MR) is 133 cm³/mol. The van der Waals surface area contributed by atoms with Crippen LogP contribution in [-0.2, 0) is 28.6 Å². The molecular formula is C27H35N3O3. The molecule has 2 N–H and O–H groups in total. The van der Waals surface area contributed by atoms with E-state index < -0.39 is 0 Å². The molecule has 0 radical (unpaired) electrons. The van der Waals surface area contributed by atoms with Gasteiger partial charge in [0.05, 0.1) is 17.4 Å². The van der Waals surface area contributed by atoms with Crippen LogP contribution < -0.4 is 5.56 Å². The van der Waals surface area contributed by atoms with Gasteiger partial charge in [0.2, 0.25) is 5.91 Å². The van der Waals surface area contributed by atoms with Crippen molar-refractivity contribution in [2.45, 2.75) is 71.8 Å². The van der Waals surface area contributed by atoms with Gasteiger partial charge in [-0.3, -0.25) is 9.59 Å². The molecule has 0 fully saturated rings. The molecule has 0 saturated heterocycles. The molecule has 1 aromatic heterocycles. The van der Waals surface area contributed by atoms with Crippen molar-refractivity contribution in [1.29, 1.82) is 0 Å². The average molecular weight is 450 g/mol. The molecule has 3 rings (SSSR count). The highest BCUT2D eigenvalue weighted by atomic mass is 16.3. The van der Waals surface area contributed by atoms with Crippen LogP contribution in [0.25, 0.3) is 10.9 Å². The number of aromatic amines is 1. The first-order chi connectivity index (χ1) is 15.3. The fourth-order valence-corrected chi connectivity index (χ4v) is 3.95. The summed E-state index contributed by atoms with van der Waals surface area (Å²) in [4.78, 5) is 34.0. The summed E-state index contributed by atoms with van der Waals surface area (Å²) in [5, 5.41) is 11.4. The van der Waals surface area contributed by atoms with Gasteiger partial charge in [-0.1, -0.05) is 65.8 Å². The number of H-pyrrole nitrogens is 1. The summed E-state index contributed by atoms with van der Waals surface area (Å²) in [7, 11) is 1.72. The first-order valence-electron chi connectivity index (χ1n) is 11.4. The Kier molecular flexibility index (Phi) is 6.68. The number of benzene rings is 2. The predicted octanol–water partition coefficient (Wildman–Crippen LogP) is 4.81. The fraction of sp³-hybridized carbons (Fsp3) is 0.444. The number of phenolic OH excluding ortho intramolecular Hbond substituents is 1. The average Bonchev–Trinajstić information content (AvgIpc) is 2.71. The van der Waals surface area contributed by atoms with Crippen LogP contribution in [0.1, 0.15) is 70.5 Å². The number of nitrogens with zero attached hydrogens (tertiary/aromatic N) is 2. The summed E-state index contributed by atoms with van der Waals surface area (Å²) in [5.74, 6) is 0.770. The monoisotopic (exact) mass is 449 g/mol. The van der Waals surface area contributed by atoms with E-state index in [9.17, 15) is 14.7 Å². The number of rotatable bonds is 5. The molecule has 0 aliphatic rings. The number of aryl methyl sites for hydroxylation is 1. The van der Waals surface area contributed by atoms with Crippen molar-refractivity contribution in [2.24, 2.45) is 0 Å². The number of aromatic hydroxyl groups is 1. The number of hydrogen-bond donors (Lipinski definition) is 2. The van der Waals surface area contributed by atoms with Gasteiger partial charge in [-0.05, 0) is 46.1 Å². The SMILES string of the molecule is CN(Cc1nc2ccccc2c(=O)[nH]1)C(=O)CCc1cc(C(C)(C)C)c(O)c(C(C)(C)C)c1. The number of fused-ring (bicyclic) bond motifs is 1. The number of phenols is 1. The Morgan fingerprint density at radius 2 is 1.61 bits per heavy atom. The van der Waals surface area contributed by atoms with Gasteiger partial charge in [0.15, 0.2) is 0 Å². The van der Waals surface area contributed by atoms with Gasteiger partial charge >= 0.3 is 0 Å². The molecule has 3 aromatic rings. The van der Waals surface area contributed by atoms with E-state index in [-0.39, 0.29) is 28.8 Å². The van der Waals surface area contributed by atoms with Crippen molar-refractivity contribution in [3.8, 4) is 5.75 Å². The second-order valence-electron chi connectivity index (χ2n) is 10.8. The van der Waals surface area contributed by atoms with E-state index >= 15 is 0 Å². The van der Waals surface area contributed by atoms with Crippen LogP contribution in [0.4, 0.5) is 0 Å². The zero-order chi connectivity index (χ0) is 24.6. The molecule has 0 aliphatic carbocycles. The molecule has 6 heteroatoms. The van der Waals surface area contributed by atoms with Gasteiger partial charge in [0.1, 0.15) is 11.6 Å². The van der Waals surface area contributed by atoms with Crippen LogP contribution >= 0.6 is 0 Å². The Morgan fingerprint density at radius 3 is 2.18 bits per heavy atom. The summed E-state index contributed by atoms with van der Waals surface area (Å²) in [6, 6.07) is 11.2. The molecule has 1 amide bonds. The van der Waals surface area contributed by atoms with E-state index in [4.69, 9.17) is 0 Å². The lowest BCUT2D eigenvalue weighted by atomic mass is 9.78. The smallest absolute Gasteiger partial charge is 0.258 e. The summed E-state index contributed by atoms with van der Waals surface area (Å²) >= 11 is 0. The molecule has 0 spiro atoms. The van der Waals surface area contributed by atoms with Crippen molar-refractivity contribution >= 4 is 16.8 Å². The number of hydrogen-bond acceptors (Lipinski definition) is 4. The van der Waals surface area contributed by atoms with Crippen LogP contribution in [0.2, 0.25) is 0 Å². The van der Waals surface area contributed by atoms with Crippen LogP contribution in [-0.4, -0.2) is 32.9 Å². The van der Waals surface area contributed by atoms with E-state index in [1.54, 1.807) is 30.1 Å². The van der Waals surface area contributed by atoms with Gasteiger partial charge in [-0.2, -0.15) is 0 Å². The van der Waals surface area contributed by atoms with E-state index in [1.807, 2.05) is 18.2 Å². The molecule has 0 bridgehead atoms. The third kappa shape index (κ3) is 5.62. The second-order valence-corrected chi connectivity index (χ2v) is 10.8. The molecule has 1 heterocycles. The fourth-order valence-electron chi connectivity index (χ4n) is 3.95. The summed E-state index contributed by atoms with van der Waals surface area (Å²) < 4.78 is 0. The Hall–Kier alpha value is -3.15. The molecule has 0 saturated carbocycles. The lowest BCUT2D eigenvalue weighted by molar-refractivity contribution is -0.130. The zero-order valence-electron chi connectivity index (χ0n) is 20.7. The number of carbonyl (C=O) groups excluding carboxylic acids is 1. The zero-order valence-corrected chi connectivity index (χ0v) is 20.7. The van der Waals surface area contributed by atoms with Gasteiger partial charge < -0.3 is 15.0 Å².